The highest BCUT2D eigenvalue weighted by Gasteiger charge is 2.48. The van der Waals surface area contributed by atoms with Gasteiger partial charge in [-0.1, -0.05) is 36.6 Å². The Kier molecular flexibility index (Phi) is 7.17. The number of amides is 2. The number of carbonyl (C=O) groups is 2. The Labute approximate surface area is 205 Å². The summed E-state index contributed by atoms with van der Waals surface area (Å²) in [6.45, 7) is 3.17. The molecule has 0 aromatic heterocycles. The van der Waals surface area contributed by atoms with E-state index >= 15 is 0 Å². The average Bonchev–Trinajstić information content (AvgIpc) is 3.30. The summed E-state index contributed by atoms with van der Waals surface area (Å²) in [5.74, 6) is -0.0523. The predicted molar refractivity (Wildman–Crippen MR) is 130 cm³/mol. The molecule has 0 radical (unpaired) electrons. The molecule has 182 valence electrons. The largest absolute Gasteiger partial charge is 0.493 e. The van der Waals surface area contributed by atoms with Gasteiger partial charge in [-0.15, -0.1) is 0 Å². The Morgan fingerprint density at radius 1 is 1.12 bits per heavy atom. The molecule has 1 aliphatic heterocycles. The fourth-order valence-electron chi connectivity index (χ4n) is 5.70. The first-order chi connectivity index (χ1) is 16.2. The highest BCUT2D eigenvalue weighted by atomic mass is 35.5. The van der Waals surface area contributed by atoms with E-state index in [0.717, 1.165) is 36.8 Å². The minimum Gasteiger partial charge on any atom is -0.493 e. The van der Waals surface area contributed by atoms with Crippen LogP contribution in [-0.2, 0) is 15.0 Å². The van der Waals surface area contributed by atoms with E-state index in [2.05, 4.69) is 0 Å². The number of likely N-dealkylation sites (tertiary alicyclic amines) is 1. The van der Waals surface area contributed by atoms with Crippen LogP contribution in [0.25, 0.3) is 0 Å². The first-order valence-corrected chi connectivity index (χ1v) is 12.3. The van der Waals surface area contributed by atoms with E-state index in [1.807, 2.05) is 24.0 Å². The van der Waals surface area contributed by atoms with Gasteiger partial charge in [0.15, 0.2) is 0 Å². The van der Waals surface area contributed by atoms with Crippen LogP contribution in [0.4, 0.5) is 4.39 Å². The van der Waals surface area contributed by atoms with Gasteiger partial charge in [-0.05, 0) is 74.1 Å². The van der Waals surface area contributed by atoms with E-state index in [1.165, 1.54) is 12.1 Å². The number of nitrogens with two attached hydrogens (primary N) is 1. The lowest BCUT2D eigenvalue weighted by Gasteiger charge is -2.45. The fourth-order valence-corrected chi connectivity index (χ4v) is 5.82. The number of hydrogen-bond acceptors (Lipinski definition) is 3. The van der Waals surface area contributed by atoms with Crippen molar-refractivity contribution in [3.63, 3.8) is 0 Å². The minimum atomic E-state index is -0.716. The average molecular weight is 487 g/mol. The van der Waals surface area contributed by atoms with E-state index in [-0.39, 0.29) is 24.8 Å². The topological polar surface area (TPSA) is 72.6 Å². The Morgan fingerprint density at radius 2 is 1.88 bits per heavy atom. The number of nitrogens with zero attached hydrogens (tertiary/aromatic N) is 1. The lowest BCUT2D eigenvalue weighted by atomic mass is 9.74. The summed E-state index contributed by atoms with van der Waals surface area (Å²) in [5, 5.41) is 0.660. The van der Waals surface area contributed by atoms with Gasteiger partial charge in [-0.2, -0.15) is 0 Å². The maximum absolute atomic E-state index is 14.1. The minimum absolute atomic E-state index is 0.0199. The molecule has 0 spiro atoms. The number of benzene rings is 2. The van der Waals surface area contributed by atoms with Crippen LogP contribution >= 0.6 is 11.6 Å². The molecule has 0 bridgehead atoms. The Morgan fingerprint density at radius 3 is 2.56 bits per heavy atom. The molecule has 1 atom stereocenters. The van der Waals surface area contributed by atoms with Gasteiger partial charge in [0.05, 0.1) is 12.0 Å². The molecule has 0 unspecified atom stereocenters. The van der Waals surface area contributed by atoms with Crippen molar-refractivity contribution in [1.29, 1.82) is 0 Å². The number of piperidine rings is 1. The molecule has 5 nitrogen and oxygen atoms in total. The lowest BCUT2D eigenvalue weighted by molar-refractivity contribution is -0.143. The standard InChI is InChI=1S/C27H32ClFN2O3/c1-19-14-22(8-9-23(19)28)34-18-26(16-24(30)32)10-5-13-31(17-26)25(33)27(11-2-3-12-27)20-6-4-7-21(29)15-20/h4,6-9,14-15H,2-3,5,10-13,16-18H2,1H3,(H2,30,32)/t26-/m1/s1. The SMILES string of the molecule is Cc1cc(OC[C@@]2(CC(N)=O)CCCN(C(=O)C3(c4cccc(F)c4)CCCC3)C2)ccc1Cl. The van der Waals surface area contributed by atoms with Crippen LogP contribution in [0.2, 0.25) is 5.02 Å². The molecule has 7 heteroatoms. The molecular weight excluding hydrogens is 455 g/mol. The molecular formula is C27H32ClFN2O3. The molecule has 2 amide bonds. The van der Waals surface area contributed by atoms with Gasteiger partial charge >= 0.3 is 0 Å². The second-order valence-electron chi connectivity index (χ2n) is 9.97. The molecule has 2 aliphatic rings. The first-order valence-electron chi connectivity index (χ1n) is 12.0. The number of rotatable bonds is 7. The quantitative estimate of drug-likeness (QED) is 0.587. The van der Waals surface area contributed by atoms with Gasteiger partial charge in [0.1, 0.15) is 11.6 Å². The van der Waals surface area contributed by atoms with E-state index < -0.39 is 16.7 Å². The van der Waals surface area contributed by atoms with Crippen LogP contribution in [0.3, 0.4) is 0 Å². The normalized spacial score (nSPS) is 21.9. The summed E-state index contributed by atoms with van der Waals surface area (Å²) in [7, 11) is 0. The van der Waals surface area contributed by atoms with Crippen molar-refractivity contribution in [2.75, 3.05) is 19.7 Å². The fraction of sp³-hybridized carbons (Fsp3) is 0.481. The zero-order chi connectivity index (χ0) is 24.3. The van der Waals surface area contributed by atoms with E-state index in [9.17, 15) is 14.0 Å². The number of halogens is 2. The van der Waals surface area contributed by atoms with Gasteiger partial charge in [-0.25, -0.2) is 4.39 Å². The second-order valence-corrected chi connectivity index (χ2v) is 10.4. The number of primary amides is 1. The molecule has 2 aromatic rings. The molecule has 2 fully saturated rings. The number of aryl methyl sites for hydroxylation is 1. The van der Waals surface area contributed by atoms with E-state index in [1.54, 1.807) is 18.2 Å². The van der Waals surface area contributed by atoms with E-state index in [0.29, 0.717) is 36.7 Å². The van der Waals surface area contributed by atoms with Crippen LogP contribution in [0.1, 0.15) is 56.1 Å². The number of carbonyl (C=O) groups excluding carboxylic acids is 2. The van der Waals surface area contributed by atoms with Gasteiger partial charge < -0.3 is 15.4 Å². The molecule has 1 heterocycles. The summed E-state index contributed by atoms with van der Waals surface area (Å²) >= 11 is 6.13. The Hall–Kier alpha value is -2.60. The van der Waals surface area contributed by atoms with Crippen molar-refractivity contribution in [2.45, 2.75) is 57.3 Å². The molecule has 1 saturated carbocycles. The van der Waals surface area contributed by atoms with E-state index in [4.69, 9.17) is 22.1 Å². The smallest absolute Gasteiger partial charge is 0.233 e. The maximum atomic E-state index is 14.1. The third-order valence-electron chi connectivity index (χ3n) is 7.42. The Balaban J connectivity index is 1.58. The van der Waals surface area contributed by atoms with Crippen LogP contribution in [0, 0.1) is 18.2 Å². The highest BCUT2D eigenvalue weighted by molar-refractivity contribution is 6.31. The molecule has 1 aliphatic carbocycles. The zero-order valence-corrected chi connectivity index (χ0v) is 20.4. The van der Waals surface area contributed by atoms with Crippen LogP contribution in [0.5, 0.6) is 5.75 Å². The van der Waals surface area contributed by atoms with Gasteiger partial charge in [0.2, 0.25) is 11.8 Å². The number of ether oxygens (including phenoxy) is 1. The molecule has 4 rings (SSSR count). The van der Waals surface area contributed by atoms with Crippen molar-refractivity contribution < 1.29 is 18.7 Å². The van der Waals surface area contributed by atoms with Crippen LogP contribution in [-0.4, -0.2) is 36.4 Å². The van der Waals surface area contributed by atoms with Crippen molar-refractivity contribution in [1.82, 2.24) is 4.90 Å². The van der Waals surface area contributed by atoms with Crippen LogP contribution in [0.15, 0.2) is 42.5 Å². The van der Waals surface area contributed by atoms with Gasteiger partial charge in [0, 0.05) is 29.9 Å². The van der Waals surface area contributed by atoms with Crippen molar-refractivity contribution in [2.24, 2.45) is 11.1 Å². The molecule has 2 N–H and O–H groups in total. The first kappa shape index (κ1) is 24.5. The van der Waals surface area contributed by atoms with Crippen molar-refractivity contribution >= 4 is 23.4 Å². The van der Waals surface area contributed by atoms with Crippen LogP contribution < -0.4 is 10.5 Å². The lowest BCUT2D eigenvalue weighted by Crippen LogP contribution is -2.54. The summed E-state index contributed by atoms with van der Waals surface area (Å²) < 4.78 is 20.2. The van der Waals surface area contributed by atoms with Gasteiger partial charge in [-0.3, -0.25) is 9.59 Å². The second kappa shape index (κ2) is 9.95. The predicted octanol–water partition coefficient (Wildman–Crippen LogP) is 5.16. The third kappa shape index (κ3) is 5.07. The van der Waals surface area contributed by atoms with Crippen molar-refractivity contribution in [3.05, 3.63) is 64.4 Å². The summed E-state index contributed by atoms with van der Waals surface area (Å²) in [6.07, 6.45) is 4.89. The monoisotopic (exact) mass is 486 g/mol. The molecule has 2 aromatic carbocycles. The molecule has 34 heavy (non-hydrogen) atoms. The summed E-state index contributed by atoms with van der Waals surface area (Å²) in [4.78, 5) is 27.9. The van der Waals surface area contributed by atoms with Crippen molar-refractivity contribution in [3.8, 4) is 5.75 Å². The highest BCUT2D eigenvalue weighted by Crippen LogP contribution is 2.45. The number of hydrogen-bond donors (Lipinski definition) is 1. The Bertz CT molecular complexity index is 1070. The summed E-state index contributed by atoms with van der Waals surface area (Å²) in [5.41, 5.74) is 6.00. The molecule has 1 saturated heterocycles. The zero-order valence-electron chi connectivity index (χ0n) is 19.6. The summed E-state index contributed by atoms with van der Waals surface area (Å²) in [6, 6.07) is 11.9. The van der Waals surface area contributed by atoms with Gasteiger partial charge in [0.25, 0.3) is 0 Å². The third-order valence-corrected chi connectivity index (χ3v) is 7.84. The maximum Gasteiger partial charge on any atom is 0.233 e.